The molecule has 1 atom stereocenters. The van der Waals surface area contributed by atoms with Gasteiger partial charge in [-0.2, -0.15) is 0 Å². The topological polar surface area (TPSA) is 34.1 Å². The molecule has 14 heavy (non-hydrogen) atoms. The minimum atomic E-state index is -0.324. The second-order valence-corrected chi connectivity index (χ2v) is 3.07. The molecule has 1 N–H and O–H groups in total. The lowest BCUT2D eigenvalue weighted by Gasteiger charge is -2.16. The fourth-order valence-electron chi connectivity index (χ4n) is 1.13. The van der Waals surface area contributed by atoms with Crippen LogP contribution in [0.25, 0.3) is 0 Å². The smallest absolute Gasteiger partial charge is 0.141 e. The molecular weight excluding hydrogens is 183 g/mol. The molecule has 78 valence electrons. The molecule has 3 nitrogen and oxygen atoms in total. The third kappa shape index (κ3) is 3.30. The van der Waals surface area contributed by atoms with Gasteiger partial charge >= 0.3 is 0 Å². The lowest BCUT2D eigenvalue weighted by atomic mass is 10.2. The van der Waals surface area contributed by atoms with E-state index in [-0.39, 0.29) is 11.9 Å². The lowest BCUT2D eigenvalue weighted by Crippen LogP contribution is -2.24. The summed E-state index contributed by atoms with van der Waals surface area (Å²) in [5, 5.41) is 3.15. The maximum absolute atomic E-state index is 12.5. The van der Waals surface area contributed by atoms with Crippen molar-refractivity contribution in [2.45, 2.75) is 19.4 Å². The molecule has 0 aromatic carbocycles. The summed E-state index contributed by atoms with van der Waals surface area (Å²) in [6.07, 6.45) is 2.13. The molecule has 4 heteroatoms. The van der Waals surface area contributed by atoms with Gasteiger partial charge in [0.15, 0.2) is 0 Å². The molecule has 1 unspecified atom stereocenters. The Labute approximate surface area is 83.3 Å². The summed E-state index contributed by atoms with van der Waals surface area (Å²) in [6.45, 7) is 2.68. The fourth-order valence-corrected chi connectivity index (χ4v) is 1.13. The molecule has 0 fully saturated rings. The molecule has 0 bridgehead atoms. The van der Waals surface area contributed by atoms with E-state index in [1.165, 1.54) is 12.3 Å². The third-order valence-corrected chi connectivity index (χ3v) is 1.94. The van der Waals surface area contributed by atoms with E-state index in [1.54, 1.807) is 13.2 Å². The number of nitrogens with zero attached hydrogens (tertiary/aromatic N) is 1. The van der Waals surface area contributed by atoms with E-state index in [1.807, 2.05) is 0 Å². The number of nitrogens with one attached hydrogen (secondary N) is 1. The fraction of sp³-hybridized carbons (Fsp3) is 0.500. The molecular formula is C10H15FN2O. The summed E-state index contributed by atoms with van der Waals surface area (Å²) in [5.41, 5.74) is 0. The highest BCUT2D eigenvalue weighted by molar-refractivity contribution is 5.34. The molecule has 0 amide bonds. The molecule has 0 spiro atoms. The van der Waals surface area contributed by atoms with Gasteiger partial charge in [-0.1, -0.05) is 6.92 Å². The van der Waals surface area contributed by atoms with E-state index in [2.05, 4.69) is 17.2 Å². The number of anilines is 1. The van der Waals surface area contributed by atoms with Gasteiger partial charge in [0, 0.05) is 7.11 Å². The average molecular weight is 198 g/mol. The zero-order chi connectivity index (χ0) is 10.4. The van der Waals surface area contributed by atoms with Crippen molar-refractivity contribution in [2.24, 2.45) is 0 Å². The van der Waals surface area contributed by atoms with Crippen LogP contribution in [0.15, 0.2) is 18.3 Å². The van der Waals surface area contributed by atoms with Crippen molar-refractivity contribution < 1.29 is 9.13 Å². The van der Waals surface area contributed by atoms with Gasteiger partial charge in [-0.15, -0.1) is 0 Å². The molecule has 0 aliphatic rings. The lowest BCUT2D eigenvalue weighted by molar-refractivity contribution is 0.184. The molecule has 0 radical (unpaired) electrons. The average Bonchev–Trinajstić information content (AvgIpc) is 2.20. The van der Waals surface area contributed by atoms with Crippen LogP contribution in [0.1, 0.15) is 13.3 Å². The first-order valence-electron chi connectivity index (χ1n) is 4.63. The van der Waals surface area contributed by atoms with Crippen molar-refractivity contribution in [2.75, 3.05) is 19.0 Å². The molecule has 1 aromatic rings. The highest BCUT2D eigenvalue weighted by Crippen LogP contribution is 2.07. The van der Waals surface area contributed by atoms with Crippen LogP contribution < -0.4 is 5.32 Å². The van der Waals surface area contributed by atoms with Gasteiger partial charge in [-0.25, -0.2) is 9.37 Å². The number of pyridine rings is 1. The number of methoxy groups -OCH3 is 1. The van der Waals surface area contributed by atoms with Crippen molar-refractivity contribution in [3.63, 3.8) is 0 Å². The Morgan fingerprint density at radius 3 is 2.86 bits per heavy atom. The minimum Gasteiger partial charge on any atom is -0.383 e. The van der Waals surface area contributed by atoms with Crippen molar-refractivity contribution in [1.82, 2.24) is 4.98 Å². The van der Waals surface area contributed by atoms with Gasteiger partial charge < -0.3 is 10.1 Å². The molecule has 0 saturated heterocycles. The Kier molecular flexibility index (Phi) is 4.32. The van der Waals surface area contributed by atoms with Gasteiger partial charge in [0.25, 0.3) is 0 Å². The van der Waals surface area contributed by atoms with Crippen LogP contribution >= 0.6 is 0 Å². The van der Waals surface area contributed by atoms with Gasteiger partial charge in [0.05, 0.1) is 18.8 Å². The second kappa shape index (κ2) is 5.54. The van der Waals surface area contributed by atoms with Crippen LogP contribution in [0, 0.1) is 5.82 Å². The van der Waals surface area contributed by atoms with E-state index >= 15 is 0 Å². The third-order valence-electron chi connectivity index (χ3n) is 1.94. The molecule has 1 rings (SSSR count). The molecule has 0 aliphatic heterocycles. The SMILES string of the molecule is CCC(COC)Nc1ccc(F)cn1. The van der Waals surface area contributed by atoms with Crippen LogP contribution in [0.3, 0.4) is 0 Å². The number of halogens is 1. The Morgan fingerprint density at radius 2 is 2.36 bits per heavy atom. The molecule has 1 aromatic heterocycles. The predicted molar refractivity (Wildman–Crippen MR) is 53.8 cm³/mol. The predicted octanol–water partition coefficient (Wildman–Crippen LogP) is 2.06. The normalized spacial score (nSPS) is 12.5. The van der Waals surface area contributed by atoms with Gasteiger partial charge in [0.1, 0.15) is 11.6 Å². The Bertz CT molecular complexity index is 263. The molecule has 1 heterocycles. The Balaban J connectivity index is 2.53. The standard InChI is InChI=1S/C10H15FN2O/c1-3-9(7-14-2)13-10-5-4-8(11)6-12-10/h4-6,9H,3,7H2,1-2H3,(H,12,13). The van der Waals surface area contributed by atoms with E-state index < -0.39 is 0 Å². The summed E-state index contributed by atoms with van der Waals surface area (Å²) in [6, 6.07) is 3.22. The van der Waals surface area contributed by atoms with E-state index in [0.29, 0.717) is 12.4 Å². The van der Waals surface area contributed by atoms with Crippen molar-refractivity contribution in [3.05, 3.63) is 24.1 Å². The first-order valence-corrected chi connectivity index (χ1v) is 4.63. The number of ether oxygens (including phenoxy) is 1. The highest BCUT2D eigenvalue weighted by atomic mass is 19.1. The van der Waals surface area contributed by atoms with Crippen LogP contribution in [0.2, 0.25) is 0 Å². The van der Waals surface area contributed by atoms with Gasteiger partial charge in [-0.3, -0.25) is 0 Å². The Hall–Kier alpha value is -1.16. The van der Waals surface area contributed by atoms with Crippen LogP contribution in [-0.4, -0.2) is 24.7 Å². The quantitative estimate of drug-likeness (QED) is 0.786. The summed E-state index contributed by atoms with van der Waals surface area (Å²) in [7, 11) is 1.66. The highest BCUT2D eigenvalue weighted by Gasteiger charge is 2.05. The van der Waals surface area contributed by atoms with Gasteiger partial charge in [-0.05, 0) is 18.6 Å². The van der Waals surface area contributed by atoms with E-state index in [9.17, 15) is 4.39 Å². The number of hydrogen-bond acceptors (Lipinski definition) is 3. The summed E-state index contributed by atoms with van der Waals surface area (Å²) in [4.78, 5) is 3.91. The number of rotatable bonds is 5. The first kappa shape index (κ1) is 10.9. The maximum Gasteiger partial charge on any atom is 0.141 e. The maximum atomic E-state index is 12.5. The van der Waals surface area contributed by atoms with E-state index in [0.717, 1.165) is 6.42 Å². The zero-order valence-electron chi connectivity index (χ0n) is 8.46. The van der Waals surface area contributed by atoms with Crippen LogP contribution in [0.5, 0.6) is 0 Å². The number of hydrogen-bond donors (Lipinski definition) is 1. The molecule has 0 saturated carbocycles. The summed E-state index contributed by atoms with van der Waals surface area (Å²) in [5.74, 6) is 0.352. The molecule has 0 aliphatic carbocycles. The van der Waals surface area contributed by atoms with E-state index in [4.69, 9.17) is 4.74 Å². The van der Waals surface area contributed by atoms with Crippen LogP contribution in [0.4, 0.5) is 10.2 Å². The van der Waals surface area contributed by atoms with Crippen molar-refractivity contribution >= 4 is 5.82 Å². The van der Waals surface area contributed by atoms with Crippen molar-refractivity contribution in [3.8, 4) is 0 Å². The van der Waals surface area contributed by atoms with Crippen molar-refractivity contribution in [1.29, 1.82) is 0 Å². The largest absolute Gasteiger partial charge is 0.383 e. The zero-order valence-corrected chi connectivity index (χ0v) is 8.46. The van der Waals surface area contributed by atoms with Gasteiger partial charge in [0.2, 0.25) is 0 Å². The summed E-state index contributed by atoms with van der Waals surface area (Å²) < 4.78 is 17.6. The summed E-state index contributed by atoms with van der Waals surface area (Å²) >= 11 is 0. The Morgan fingerprint density at radius 1 is 1.57 bits per heavy atom. The monoisotopic (exact) mass is 198 g/mol. The second-order valence-electron chi connectivity index (χ2n) is 3.07. The minimum absolute atomic E-state index is 0.220. The number of aromatic nitrogens is 1. The first-order chi connectivity index (χ1) is 6.76. The van der Waals surface area contributed by atoms with Crippen LogP contribution in [-0.2, 0) is 4.74 Å².